The summed E-state index contributed by atoms with van der Waals surface area (Å²) in [6.07, 6.45) is 16.9. The number of quaternary nitrogens is 1. The summed E-state index contributed by atoms with van der Waals surface area (Å²) in [6.45, 7) is 4.62. The fourth-order valence-corrected chi connectivity index (χ4v) is 6.25. The Labute approximate surface area is 219 Å². The van der Waals surface area contributed by atoms with Gasteiger partial charge in [-0.05, 0) is 13.3 Å². The van der Waals surface area contributed by atoms with Crippen molar-refractivity contribution in [1.29, 1.82) is 0 Å². The number of hydrogen-bond donors (Lipinski definition) is 1. The van der Waals surface area contributed by atoms with Crippen molar-refractivity contribution in [2.75, 3.05) is 52.9 Å². The highest BCUT2D eigenvalue weighted by Crippen LogP contribution is 2.45. The van der Waals surface area contributed by atoms with Crippen LogP contribution in [-0.2, 0) is 29.1 Å². The second-order valence-electron chi connectivity index (χ2n) is 10.8. The number of phosphoric ester groups is 1. The van der Waals surface area contributed by atoms with Crippen molar-refractivity contribution in [3.8, 4) is 0 Å². The van der Waals surface area contributed by atoms with Gasteiger partial charge in [-0.2, -0.15) is 0 Å². The van der Waals surface area contributed by atoms with Gasteiger partial charge in [-0.15, -0.1) is 0 Å². The molecular formula is C26H57NO6PS+. The molecule has 0 fully saturated rings. The smallest absolute Gasteiger partial charge is 0.378 e. The van der Waals surface area contributed by atoms with Gasteiger partial charge >= 0.3 is 7.82 Å². The number of methoxy groups -OCH3 is 1. The molecule has 212 valence electrons. The predicted molar refractivity (Wildman–Crippen MR) is 148 cm³/mol. The molecule has 0 amide bonds. The van der Waals surface area contributed by atoms with Crippen LogP contribution in [-0.4, -0.2) is 78.7 Å². The van der Waals surface area contributed by atoms with E-state index in [1.165, 1.54) is 84.2 Å². The first-order valence-electron chi connectivity index (χ1n) is 13.8. The molecule has 7 nitrogen and oxygen atoms in total. The summed E-state index contributed by atoms with van der Waals surface area (Å²) in [5.74, 6) is 0.913. The maximum absolute atomic E-state index is 12.5. The molecule has 1 N–H and O–H groups in total. The Kier molecular flexibility index (Phi) is 21.3. The Morgan fingerprint density at radius 1 is 0.857 bits per heavy atom. The summed E-state index contributed by atoms with van der Waals surface area (Å²) in [5, 5.41) is 0. The average Bonchev–Trinajstić information content (AvgIpc) is 2.76. The standard InChI is InChI=1S/C26H56NO6PS/c1-7-8-9-10-11-12-13-14-15-16-17-18-19-20-23-35(30)24-26(31-6)25(2)33-34(28,29)32-22-21-27(3,4)5/h25-26H,7-24H2,1-6H3/p+1. The molecule has 0 aliphatic heterocycles. The van der Waals surface area contributed by atoms with E-state index in [2.05, 4.69) is 6.92 Å². The van der Waals surface area contributed by atoms with Crippen LogP contribution in [0, 0.1) is 0 Å². The molecule has 4 unspecified atom stereocenters. The fourth-order valence-electron chi connectivity index (χ4n) is 3.86. The Bertz CT molecular complexity index is 573. The van der Waals surface area contributed by atoms with Crippen LogP contribution in [0.15, 0.2) is 0 Å². The zero-order valence-electron chi connectivity index (χ0n) is 23.7. The van der Waals surface area contributed by atoms with Crippen LogP contribution < -0.4 is 0 Å². The SMILES string of the molecule is CCCCCCCCCCCCCCCCS(=O)CC(OC)C(C)OP(=O)(O)OCC[N+](C)(C)C. The Balaban J connectivity index is 3.86. The number of hydrogen-bond acceptors (Lipinski definition) is 5. The summed E-state index contributed by atoms with van der Waals surface area (Å²) < 4.78 is 41.1. The van der Waals surface area contributed by atoms with Gasteiger partial charge in [0.25, 0.3) is 0 Å². The molecule has 0 aromatic carbocycles. The quantitative estimate of drug-likeness (QED) is 0.0810. The fraction of sp³-hybridized carbons (Fsp3) is 1.00. The van der Waals surface area contributed by atoms with Gasteiger partial charge in [-0.3, -0.25) is 13.3 Å². The molecule has 4 atom stereocenters. The van der Waals surface area contributed by atoms with Gasteiger partial charge in [0.2, 0.25) is 0 Å². The molecule has 9 heteroatoms. The first kappa shape index (κ1) is 35.2. The van der Waals surface area contributed by atoms with Crippen molar-refractivity contribution in [2.24, 2.45) is 0 Å². The Morgan fingerprint density at radius 3 is 1.74 bits per heavy atom. The van der Waals surface area contributed by atoms with Crippen molar-refractivity contribution in [3.05, 3.63) is 0 Å². The molecule has 0 bridgehead atoms. The molecule has 0 radical (unpaired) electrons. The van der Waals surface area contributed by atoms with Crippen LogP contribution >= 0.6 is 7.82 Å². The number of likely N-dealkylation sites (N-methyl/N-ethyl adjacent to an activating group) is 1. The van der Waals surface area contributed by atoms with Crippen molar-refractivity contribution < 1.29 is 31.9 Å². The summed E-state index contributed by atoms with van der Waals surface area (Å²) in [6, 6.07) is 0. The highest BCUT2D eigenvalue weighted by atomic mass is 32.2. The van der Waals surface area contributed by atoms with Crippen molar-refractivity contribution >= 4 is 18.6 Å². The molecule has 0 aliphatic carbocycles. The van der Waals surface area contributed by atoms with Gasteiger partial charge in [0.1, 0.15) is 13.2 Å². The molecule has 0 rings (SSSR count). The van der Waals surface area contributed by atoms with E-state index in [-0.39, 0.29) is 12.4 Å². The lowest BCUT2D eigenvalue weighted by molar-refractivity contribution is -0.870. The maximum Gasteiger partial charge on any atom is 0.472 e. The molecule has 0 spiro atoms. The lowest BCUT2D eigenvalue weighted by Gasteiger charge is -2.26. The van der Waals surface area contributed by atoms with E-state index in [1.807, 2.05) is 21.1 Å². The highest BCUT2D eigenvalue weighted by Gasteiger charge is 2.30. The third-order valence-electron chi connectivity index (χ3n) is 6.22. The zero-order valence-corrected chi connectivity index (χ0v) is 25.4. The summed E-state index contributed by atoms with van der Waals surface area (Å²) >= 11 is 0. The Hall–Kier alpha value is 0.180. The summed E-state index contributed by atoms with van der Waals surface area (Å²) in [5.41, 5.74) is 0. The van der Waals surface area contributed by atoms with Crippen LogP contribution in [0.5, 0.6) is 0 Å². The van der Waals surface area contributed by atoms with E-state index in [4.69, 9.17) is 13.8 Å². The van der Waals surface area contributed by atoms with E-state index in [0.717, 1.165) is 12.8 Å². The van der Waals surface area contributed by atoms with Gasteiger partial charge in [-0.1, -0.05) is 90.4 Å². The minimum atomic E-state index is -4.19. The third-order valence-corrected chi connectivity index (χ3v) is 8.77. The lowest BCUT2D eigenvalue weighted by atomic mass is 10.0. The van der Waals surface area contributed by atoms with Gasteiger partial charge < -0.3 is 14.1 Å². The van der Waals surface area contributed by atoms with Crippen LogP contribution in [0.1, 0.15) is 104 Å². The molecule has 0 heterocycles. The van der Waals surface area contributed by atoms with Gasteiger partial charge in [0.05, 0.1) is 39.1 Å². The third kappa shape index (κ3) is 23.1. The number of unbranched alkanes of at least 4 members (excludes halogenated alkanes) is 13. The molecule has 0 aromatic heterocycles. The van der Waals surface area contributed by atoms with E-state index >= 15 is 0 Å². The van der Waals surface area contributed by atoms with E-state index < -0.39 is 30.8 Å². The van der Waals surface area contributed by atoms with Crippen LogP contribution in [0.25, 0.3) is 0 Å². The summed E-state index contributed by atoms with van der Waals surface area (Å²) in [4.78, 5) is 9.98. The topological polar surface area (TPSA) is 82.1 Å². The van der Waals surface area contributed by atoms with E-state index in [1.54, 1.807) is 6.92 Å². The predicted octanol–water partition coefficient (Wildman–Crippen LogP) is 6.46. The first-order chi connectivity index (χ1) is 16.5. The molecule has 0 saturated heterocycles. The van der Waals surface area contributed by atoms with Crippen LogP contribution in [0.2, 0.25) is 0 Å². The lowest BCUT2D eigenvalue weighted by Crippen LogP contribution is -2.37. The minimum Gasteiger partial charge on any atom is -0.378 e. The molecular weight excluding hydrogens is 485 g/mol. The normalized spacial score (nSPS) is 16.7. The van der Waals surface area contributed by atoms with Crippen LogP contribution in [0.3, 0.4) is 0 Å². The van der Waals surface area contributed by atoms with Gasteiger partial charge in [0.15, 0.2) is 0 Å². The zero-order chi connectivity index (χ0) is 26.6. The van der Waals surface area contributed by atoms with Crippen LogP contribution in [0.4, 0.5) is 0 Å². The number of nitrogens with zero attached hydrogens (tertiary/aromatic N) is 1. The first-order valence-corrected chi connectivity index (χ1v) is 16.8. The highest BCUT2D eigenvalue weighted by molar-refractivity contribution is 7.85. The second kappa shape index (κ2) is 21.2. The maximum atomic E-state index is 12.5. The van der Waals surface area contributed by atoms with E-state index in [9.17, 15) is 13.7 Å². The van der Waals surface area contributed by atoms with Crippen molar-refractivity contribution in [3.63, 3.8) is 0 Å². The number of phosphoric acid groups is 1. The minimum absolute atomic E-state index is 0.118. The van der Waals surface area contributed by atoms with E-state index in [0.29, 0.717) is 16.8 Å². The number of ether oxygens (including phenoxy) is 1. The summed E-state index contributed by atoms with van der Waals surface area (Å²) in [7, 11) is 2.20. The second-order valence-corrected chi connectivity index (χ2v) is 13.8. The largest absolute Gasteiger partial charge is 0.472 e. The molecule has 35 heavy (non-hydrogen) atoms. The monoisotopic (exact) mass is 542 g/mol. The van der Waals surface area contributed by atoms with Gasteiger partial charge in [-0.25, -0.2) is 4.57 Å². The number of rotatable bonds is 25. The Morgan fingerprint density at radius 2 is 1.31 bits per heavy atom. The average molecular weight is 543 g/mol. The molecule has 0 saturated carbocycles. The van der Waals surface area contributed by atoms with Gasteiger partial charge in [0, 0.05) is 23.7 Å². The molecule has 0 aromatic rings. The molecule has 0 aliphatic rings. The van der Waals surface area contributed by atoms with Crippen molar-refractivity contribution in [2.45, 2.75) is 116 Å². The van der Waals surface area contributed by atoms with Crippen molar-refractivity contribution in [1.82, 2.24) is 0 Å².